The molecule has 0 unspecified atom stereocenters. The lowest BCUT2D eigenvalue weighted by atomic mass is 10.1. The van der Waals surface area contributed by atoms with Crippen LogP contribution in [0, 0.1) is 5.41 Å². The van der Waals surface area contributed by atoms with Crippen LogP contribution >= 0.6 is 11.6 Å². The number of imidazole rings is 1. The Morgan fingerprint density at radius 1 is 1.40 bits per heavy atom. The van der Waals surface area contributed by atoms with Crippen LogP contribution in [-0.4, -0.2) is 22.0 Å². The molecule has 2 aromatic rings. The smallest absolute Gasteiger partial charge is 0.147 e. The second kappa shape index (κ2) is 5.28. The van der Waals surface area contributed by atoms with E-state index in [-0.39, 0.29) is 0 Å². The van der Waals surface area contributed by atoms with Crippen LogP contribution in [0.5, 0.6) is 5.75 Å². The number of halogens is 1. The van der Waals surface area contributed by atoms with Crippen molar-refractivity contribution >= 4 is 22.6 Å². The Labute approximate surface area is 124 Å². The van der Waals surface area contributed by atoms with Gasteiger partial charge in [-0.15, -0.1) is 11.6 Å². The van der Waals surface area contributed by atoms with E-state index in [1.165, 1.54) is 18.4 Å². The topological polar surface area (TPSA) is 27.1 Å². The molecule has 0 N–H and O–H groups in total. The first-order valence-corrected chi connectivity index (χ1v) is 7.87. The molecule has 0 amide bonds. The quantitative estimate of drug-likeness (QED) is 0.752. The van der Waals surface area contributed by atoms with Gasteiger partial charge in [0, 0.05) is 18.8 Å². The Morgan fingerprint density at radius 2 is 2.20 bits per heavy atom. The largest absolute Gasteiger partial charge is 0.492 e. The minimum atomic E-state index is 0.441. The maximum atomic E-state index is 5.94. The number of benzene rings is 1. The summed E-state index contributed by atoms with van der Waals surface area (Å²) in [4.78, 5) is 4.79. The molecule has 1 aliphatic rings. The number of rotatable bonds is 6. The van der Waals surface area contributed by atoms with Gasteiger partial charge in [0.1, 0.15) is 17.1 Å². The van der Waals surface area contributed by atoms with E-state index in [0.29, 0.717) is 17.9 Å². The molecule has 0 bridgehead atoms. The molecule has 0 atom stereocenters. The molecule has 0 saturated heterocycles. The van der Waals surface area contributed by atoms with Crippen molar-refractivity contribution in [2.75, 3.05) is 12.5 Å². The molecule has 1 aromatic heterocycles. The normalized spacial score (nSPS) is 16.6. The summed E-state index contributed by atoms with van der Waals surface area (Å²) >= 11 is 5.94. The molecule has 3 nitrogen and oxygen atoms in total. The van der Waals surface area contributed by atoms with Crippen LogP contribution in [0.25, 0.3) is 11.0 Å². The van der Waals surface area contributed by atoms with Gasteiger partial charge in [0.15, 0.2) is 0 Å². The SMILES string of the molecule is CCOc1cccc2c1nc(CCCl)n2CC1(C)CC1. The van der Waals surface area contributed by atoms with Crippen molar-refractivity contribution in [2.24, 2.45) is 5.41 Å². The molecular formula is C16H21ClN2O. The average molecular weight is 293 g/mol. The molecular weight excluding hydrogens is 272 g/mol. The molecule has 20 heavy (non-hydrogen) atoms. The zero-order valence-corrected chi connectivity index (χ0v) is 12.9. The van der Waals surface area contributed by atoms with Gasteiger partial charge in [0.05, 0.1) is 12.1 Å². The van der Waals surface area contributed by atoms with Gasteiger partial charge in [-0.1, -0.05) is 13.0 Å². The second-order valence-electron chi connectivity index (χ2n) is 5.92. The molecule has 4 heteroatoms. The first kappa shape index (κ1) is 13.7. The van der Waals surface area contributed by atoms with Crippen LogP contribution in [0.2, 0.25) is 0 Å². The van der Waals surface area contributed by atoms with E-state index in [9.17, 15) is 0 Å². The summed E-state index contributed by atoms with van der Waals surface area (Å²) in [6.45, 7) is 6.04. The maximum absolute atomic E-state index is 5.94. The van der Waals surface area contributed by atoms with Crippen molar-refractivity contribution < 1.29 is 4.74 Å². The summed E-state index contributed by atoms with van der Waals surface area (Å²) in [5.74, 6) is 2.56. The predicted molar refractivity (Wildman–Crippen MR) is 82.7 cm³/mol. The highest BCUT2D eigenvalue weighted by Gasteiger charge is 2.38. The fourth-order valence-corrected chi connectivity index (χ4v) is 2.82. The standard InChI is InChI=1S/C16H21ClN2O/c1-3-20-13-6-4-5-12-15(13)18-14(7-10-17)19(12)11-16(2)8-9-16/h4-6H,3,7-11H2,1-2H3. The third kappa shape index (κ3) is 2.51. The molecule has 108 valence electrons. The van der Waals surface area contributed by atoms with E-state index < -0.39 is 0 Å². The highest BCUT2D eigenvalue weighted by Crippen LogP contribution is 2.47. The highest BCUT2D eigenvalue weighted by atomic mass is 35.5. The van der Waals surface area contributed by atoms with Gasteiger partial charge in [-0.3, -0.25) is 0 Å². The van der Waals surface area contributed by atoms with Crippen LogP contribution in [-0.2, 0) is 13.0 Å². The fraction of sp³-hybridized carbons (Fsp3) is 0.562. The Morgan fingerprint density at radius 3 is 2.85 bits per heavy atom. The lowest BCUT2D eigenvalue weighted by molar-refractivity contribution is 0.343. The van der Waals surface area contributed by atoms with E-state index in [1.807, 2.05) is 19.1 Å². The molecule has 1 fully saturated rings. The number of fused-ring (bicyclic) bond motifs is 1. The number of para-hydroxylation sites is 1. The lowest BCUT2D eigenvalue weighted by Crippen LogP contribution is -2.11. The van der Waals surface area contributed by atoms with Crippen molar-refractivity contribution in [2.45, 2.75) is 39.7 Å². The van der Waals surface area contributed by atoms with E-state index in [2.05, 4.69) is 17.6 Å². The Kier molecular flexibility index (Phi) is 3.63. The van der Waals surface area contributed by atoms with Crippen molar-refractivity contribution in [1.82, 2.24) is 9.55 Å². The number of aryl methyl sites for hydroxylation is 1. The Balaban J connectivity index is 2.08. The summed E-state index contributed by atoms with van der Waals surface area (Å²) in [6, 6.07) is 6.17. The summed E-state index contributed by atoms with van der Waals surface area (Å²) in [5, 5.41) is 0. The molecule has 1 heterocycles. The summed E-state index contributed by atoms with van der Waals surface area (Å²) in [7, 11) is 0. The summed E-state index contributed by atoms with van der Waals surface area (Å²) in [5.41, 5.74) is 2.58. The van der Waals surface area contributed by atoms with Gasteiger partial charge in [-0.05, 0) is 37.3 Å². The lowest BCUT2D eigenvalue weighted by Gasteiger charge is -2.13. The predicted octanol–water partition coefficient (Wildman–Crippen LogP) is 4.02. The minimum Gasteiger partial charge on any atom is -0.492 e. The molecule has 3 rings (SSSR count). The number of hydrogen-bond donors (Lipinski definition) is 0. The molecule has 1 aliphatic carbocycles. The third-order valence-electron chi connectivity index (χ3n) is 4.08. The number of alkyl halides is 1. The number of aromatic nitrogens is 2. The molecule has 0 aliphatic heterocycles. The molecule has 0 radical (unpaired) electrons. The molecule has 1 saturated carbocycles. The van der Waals surface area contributed by atoms with E-state index >= 15 is 0 Å². The summed E-state index contributed by atoms with van der Waals surface area (Å²) < 4.78 is 8.04. The zero-order valence-electron chi connectivity index (χ0n) is 12.2. The van der Waals surface area contributed by atoms with Crippen molar-refractivity contribution in [3.05, 3.63) is 24.0 Å². The van der Waals surface area contributed by atoms with Gasteiger partial charge in [-0.25, -0.2) is 4.98 Å². The first-order valence-electron chi connectivity index (χ1n) is 7.34. The zero-order chi connectivity index (χ0) is 14.2. The van der Waals surface area contributed by atoms with Crippen LogP contribution in [0.4, 0.5) is 0 Å². The highest BCUT2D eigenvalue weighted by molar-refractivity contribution is 6.17. The molecule has 0 spiro atoms. The first-order chi connectivity index (χ1) is 9.67. The van der Waals surface area contributed by atoms with Crippen molar-refractivity contribution in [1.29, 1.82) is 0 Å². The van der Waals surface area contributed by atoms with Gasteiger partial charge in [-0.2, -0.15) is 0 Å². The van der Waals surface area contributed by atoms with Crippen LogP contribution in [0.15, 0.2) is 18.2 Å². The Bertz CT molecular complexity index is 616. The summed E-state index contributed by atoms with van der Waals surface area (Å²) in [6.07, 6.45) is 3.41. The van der Waals surface area contributed by atoms with Gasteiger partial charge in [0.25, 0.3) is 0 Å². The van der Waals surface area contributed by atoms with Crippen LogP contribution < -0.4 is 4.74 Å². The number of hydrogen-bond acceptors (Lipinski definition) is 2. The van der Waals surface area contributed by atoms with E-state index in [1.54, 1.807) is 0 Å². The van der Waals surface area contributed by atoms with E-state index in [0.717, 1.165) is 30.1 Å². The van der Waals surface area contributed by atoms with Gasteiger partial charge < -0.3 is 9.30 Å². The fourth-order valence-electron chi connectivity index (χ4n) is 2.65. The third-order valence-corrected chi connectivity index (χ3v) is 4.27. The average Bonchev–Trinajstić information content (AvgIpc) is 3.06. The number of nitrogens with zero attached hydrogens (tertiary/aromatic N) is 2. The monoisotopic (exact) mass is 292 g/mol. The van der Waals surface area contributed by atoms with Gasteiger partial charge in [0.2, 0.25) is 0 Å². The number of ether oxygens (including phenoxy) is 1. The second-order valence-corrected chi connectivity index (χ2v) is 6.30. The van der Waals surface area contributed by atoms with Crippen molar-refractivity contribution in [3.8, 4) is 5.75 Å². The van der Waals surface area contributed by atoms with Crippen LogP contribution in [0.1, 0.15) is 32.5 Å². The Hall–Kier alpha value is -1.22. The van der Waals surface area contributed by atoms with E-state index in [4.69, 9.17) is 21.3 Å². The minimum absolute atomic E-state index is 0.441. The maximum Gasteiger partial charge on any atom is 0.147 e. The van der Waals surface area contributed by atoms with Gasteiger partial charge >= 0.3 is 0 Å². The van der Waals surface area contributed by atoms with Crippen molar-refractivity contribution in [3.63, 3.8) is 0 Å². The van der Waals surface area contributed by atoms with Crippen LogP contribution in [0.3, 0.4) is 0 Å². The molecule has 1 aromatic carbocycles.